The fraction of sp³-hybridized carbons (Fsp3) is 0.600. The summed E-state index contributed by atoms with van der Waals surface area (Å²) in [5.41, 5.74) is 1.64. The van der Waals surface area contributed by atoms with Crippen molar-refractivity contribution in [3.8, 4) is 6.07 Å². The minimum Gasteiger partial charge on any atom is -0.310 e. The van der Waals surface area contributed by atoms with Crippen LogP contribution in [0.5, 0.6) is 0 Å². The van der Waals surface area contributed by atoms with E-state index in [0.717, 1.165) is 18.0 Å². The van der Waals surface area contributed by atoms with Gasteiger partial charge < -0.3 is 5.32 Å². The van der Waals surface area contributed by atoms with E-state index in [1.165, 1.54) is 32.1 Å². The Bertz CT molecular complexity index is 416. The van der Waals surface area contributed by atoms with E-state index in [9.17, 15) is 0 Å². The molecular formula is C15H21N3. The highest BCUT2D eigenvalue weighted by atomic mass is 14.9. The van der Waals surface area contributed by atoms with Gasteiger partial charge in [0.15, 0.2) is 0 Å². The van der Waals surface area contributed by atoms with Crippen LogP contribution in [0.3, 0.4) is 0 Å². The molecule has 3 heteroatoms. The lowest BCUT2D eigenvalue weighted by atomic mass is 9.84. The van der Waals surface area contributed by atoms with E-state index in [-0.39, 0.29) is 0 Å². The van der Waals surface area contributed by atoms with E-state index in [0.29, 0.717) is 11.7 Å². The third-order valence-corrected chi connectivity index (χ3v) is 3.92. The zero-order valence-corrected chi connectivity index (χ0v) is 11.0. The van der Waals surface area contributed by atoms with Crippen LogP contribution in [0.15, 0.2) is 18.3 Å². The second kappa shape index (κ2) is 6.51. The molecule has 18 heavy (non-hydrogen) atoms. The minimum atomic E-state index is 0.500. The van der Waals surface area contributed by atoms with Crippen molar-refractivity contribution in [3.05, 3.63) is 29.6 Å². The summed E-state index contributed by atoms with van der Waals surface area (Å²) in [7, 11) is 0. The molecule has 1 saturated carbocycles. The van der Waals surface area contributed by atoms with Crippen LogP contribution in [-0.4, -0.2) is 11.0 Å². The SMILES string of the molecule is CC(NCc1ccnc(C#N)c1)C1CCCCC1. The summed E-state index contributed by atoms with van der Waals surface area (Å²) < 4.78 is 0. The fourth-order valence-corrected chi connectivity index (χ4v) is 2.73. The van der Waals surface area contributed by atoms with Gasteiger partial charge in [-0.15, -0.1) is 0 Å². The van der Waals surface area contributed by atoms with Crippen LogP contribution in [-0.2, 0) is 6.54 Å². The number of nitriles is 1. The van der Waals surface area contributed by atoms with Gasteiger partial charge in [-0.25, -0.2) is 4.98 Å². The van der Waals surface area contributed by atoms with Gasteiger partial charge in [0.1, 0.15) is 11.8 Å². The standard InChI is InChI=1S/C15H21N3/c1-12(14-5-3-2-4-6-14)18-11-13-7-8-17-15(9-13)10-16/h7-9,12,14,18H,2-6,11H2,1H3. The molecule has 0 radical (unpaired) electrons. The van der Waals surface area contributed by atoms with Crippen LogP contribution in [0.1, 0.15) is 50.3 Å². The van der Waals surface area contributed by atoms with Crippen molar-refractivity contribution in [1.29, 1.82) is 5.26 Å². The molecule has 1 aromatic heterocycles. The molecule has 1 aromatic rings. The topological polar surface area (TPSA) is 48.7 Å². The van der Waals surface area contributed by atoms with Gasteiger partial charge >= 0.3 is 0 Å². The number of aromatic nitrogens is 1. The van der Waals surface area contributed by atoms with Gasteiger partial charge in [-0.1, -0.05) is 19.3 Å². The average Bonchev–Trinajstić information content (AvgIpc) is 2.46. The number of nitrogens with zero attached hydrogens (tertiary/aromatic N) is 2. The van der Waals surface area contributed by atoms with Crippen LogP contribution in [0.25, 0.3) is 0 Å². The maximum absolute atomic E-state index is 8.81. The Balaban J connectivity index is 1.84. The summed E-state index contributed by atoms with van der Waals surface area (Å²) >= 11 is 0. The Labute approximate surface area is 109 Å². The minimum absolute atomic E-state index is 0.500. The first-order valence-corrected chi connectivity index (χ1v) is 6.88. The molecule has 0 aromatic carbocycles. The third-order valence-electron chi connectivity index (χ3n) is 3.92. The molecule has 3 nitrogen and oxygen atoms in total. The lowest BCUT2D eigenvalue weighted by molar-refractivity contribution is 0.280. The molecule has 0 bridgehead atoms. The lowest BCUT2D eigenvalue weighted by Crippen LogP contribution is -2.34. The smallest absolute Gasteiger partial charge is 0.140 e. The summed E-state index contributed by atoms with van der Waals surface area (Å²) in [5, 5.41) is 12.4. The normalized spacial score (nSPS) is 18.2. The first-order valence-electron chi connectivity index (χ1n) is 6.88. The molecule has 1 fully saturated rings. The molecule has 1 heterocycles. The largest absolute Gasteiger partial charge is 0.310 e. The molecule has 1 unspecified atom stereocenters. The van der Waals surface area contributed by atoms with Gasteiger partial charge in [0.25, 0.3) is 0 Å². The zero-order valence-electron chi connectivity index (χ0n) is 11.0. The summed E-state index contributed by atoms with van der Waals surface area (Å²) in [5.74, 6) is 0.816. The quantitative estimate of drug-likeness (QED) is 0.884. The average molecular weight is 243 g/mol. The molecule has 0 saturated heterocycles. The Morgan fingerprint density at radius 3 is 2.94 bits per heavy atom. The fourth-order valence-electron chi connectivity index (χ4n) is 2.73. The second-order valence-corrected chi connectivity index (χ2v) is 5.23. The van der Waals surface area contributed by atoms with E-state index in [4.69, 9.17) is 5.26 Å². The Kier molecular flexibility index (Phi) is 4.72. The number of nitrogens with one attached hydrogen (secondary N) is 1. The molecule has 0 amide bonds. The molecule has 0 aliphatic heterocycles. The first-order chi connectivity index (χ1) is 8.79. The molecule has 1 aliphatic carbocycles. The molecule has 1 atom stereocenters. The maximum Gasteiger partial charge on any atom is 0.140 e. The van der Waals surface area contributed by atoms with Crippen molar-refractivity contribution in [3.63, 3.8) is 0 Å². The van der Waals surface area contributed by atoms with Crippen LogP contribution < -0.4 is 5.32 Å². The van der Waals surface area contributed by atoms with E-state index >= 15 is 0 Å². The van der Waals surface area contributed by atoms with Crippen molar-refractivity contribution < 1.29 is 0 Å². The van der Waals surface area contributed by atoms with Crippen molar-refractivity contribution in [2.24, 2.45) is 5.92 Å². The van der Waals surface area contributed by atoms with Crippen LogP contribution in [0.4, 0.5) is 0 Å². The van der Waals surface area contributed by atoms with Crippen molar-refractivity contribution in [2.45, 2.75) is 51.6 Å². The maximum atomic E-state index is 8.81. The van der Waals surface area contributed by atoms with Gasteiger partial charge in [-0.2, -0.15) is 5.26 Å². The van der Waals surface area contributed by atoms with Gasteiger partial charge in [-0.3, -0.25) is 0 Å². The van der Waals surface area contributed by atoms with Gasteiger partial charge in [0.05, 0.1) is 0 Å². The third kappa shape index (κ3) is 3.54. The molecule has 1 N–H and O–H groups in total. The summed E-state index contributed by atoms with van der Waals surface area (Å²) in [4.78, 5) is 3.99. The van der Waals surface area contributed by atoms with Gasteiger partial charge in [-0.05, 0) is 43.4 Å². The van der Waals surface area contributed by atoms with E-state index in [1.807, 2.05) is 12.1 Å². The highest BCUT2D eigenvalue weighted by Crippen LogP contribution is 2.26. The summed E-state index contributed by atoms with van der Waals surface area (Å²) in [6.45, 7) is 3.11. The number of pyridine rings is 1. The Hall–Kier alpha value is -1.40. The van der Waals surface area contributed by atoms with Crippen molar-refractivity contribution in [2.75, 3.05) is 0 Å². The highest BCUT2D eigenvalue weighted by molar-refractivity contribution is 5.25. The van der Waals surface area contributed by atoms with Crippen LogP contribution in [0.2, 0.25) is 0 Å². The predicted molar refractivity (Wildman–Crippen MR) is 71.8 cm³/mol. The number of hydrogen-bond acceptors (Lipinski definition) is 3. The Morgan fingerprint density at radius 2 is 2.22 bits per heavy atom. The lowest BCUT2D eigenvalue weighted by Gasteiger charge is -2.28. The molecule has 96 valence electrons. The molecule has 2 rings (SSSR count). The number of hydrogen-bond donors (Lipinski definition) is 1. The molecular weight excluding hydrogens is 222 g/mol. The zero-order chi connectivity index (χ0) is 12.8. The second-order valence-electron chi connectivity index (χ2n) is 5.23. The van der Waals surface area contributed by atoms with Gasteiger partial charge in [0, 0.05) is 18.8 Å². The van der Waals surface area contributed by atoms with Crippen LogP contribution in [0, 0.1) is 17.2 Å². The van der Waals surface area contributed by atoms with E-state index in [1.54, 1.807) is 6.20 Å². The summed E-state index contributed by atoms with van der Waals surface area (Å²) in [6.07, 6.45) is 8.58. The summed E-state index contributed by atoms with van der Waals surface area (Å²) in [6, 6.07) is 6.47. The van der Waals surface area contributed by atoms with Crippen molar-refractivity contribution >= 4 is 0 Å². The highest BCUT2D eigenvalue weighted by Gasteiger charge is 2.19. The van der Waals surface area contributed by atoms with Gasteiger partial charge in [0.2, 0.25) is 0 Å². The van der Waals surface area contributed by atoms with Crippen LogP contribution >= 0.6 is 0 Å². The molecule has 1 aliphatic rings. The number of rotatable bonds is 4. The van der Waals surface area contributed by atoms with E-state index in [2.05, 4.69) is 23.3 Å². The Morgan fingerprint density at radius 1 is 1.44 bits per heavy atom. The monoisotopic (exact) mass is 243 g/mol. The molecule has 0 spiro atoms. The predicted octanol–water partition coefficient (Wildman–Crippen LogP) is 3.01. The van der Waals surface area contributed by atoms with E-state index < -0.39 is 0 Å². The first kappa shape index (κ1) is 13.0. The van der Waals surface area contributed by atoms with Crippen molar-refractivity contribution in [1.82, 2.24) is 10.3 Å².